The molecule has 0 atom stereocenters. The van der Waals surface area contributed by atoms with Crippen molar-refractivity contribution in [1.29, 1.82) is 0 Å². The molecule has 0 bridgehead atoms. The van der Waals surface area contributed by atoms with Crippen LogP contribution >= 0.6 is 0 Å². The standard InChI is InChI=1S/C14H20O4/c1-9-3-5-11(6-4-9)17-8-12-7-13(14(15)16)10(2)18-12/h7,9,11H,3-6,8H2,1-2H3,(H,15,16). The predicted octanol–water partition coefficient (Wildman–Crippen LogP) is 3.38. The van der Waals surface area contributed by atoms with Crippen molar-refractivity contribution in [3.63, 3.8) is 0 Å². The Hall–Kier alpha value is -1.29. The number of ether oxygens (including phenoxy) is 1. The molecule has 1 saturated carbocycles. The summed E-state index contributed by atoms with van der Waals surface area (Å²) < 4.78 is 11.2. The number of rotatable bonds is 4. The number of hydrogen-bond acceptors (Lipinski definition) is 3. The van der Waals surface area contributed by atoms with Crippen LogP contribution in [0.2, 0.25) is 0 Å². The highest BCUT2D eigenvalue weighted by molar-refractivity contribution is 5.88. The van der Waals surface area contributed by atoms with Crippen molar-refractivity contribution < 1.29 is 19.1 Å². The number of carboxylic acid groups (broad SMARTS) is 1. The van der Waals surface area contributed by atoms with E-state index < -0.39 is 5.97 Å². The van der Waals surface area contributed by atoms with E-state index in [2.05, 4.69) is 6.92 Å². The Morgan fingerprint density at radius 1 is 1.44 bits per heavy atom. The molecular formula is C14H20O4. The van der Waals surface area contributed by atoms with Gasteiger partial charge in [-0.3, -0.25) is 0 Å². The van der Waals surface area contributed by atoms with E-state index in [0.717, 1.165) is 18.8 Å². The third-order valence-corrected chi connectivity index (χ3v) is 3.62. The molecule has 1 aromatic rings. The molecule has 4 nitrogen and oxygen atoms in total. The summed E-state index contributed by atoms with van der Waals surface area (Å²) in [4.78, 5) is 10.9. The molecule has 1 heterocycles. The molecular weight excluding hydrogens is 232 g/mol. The minimum atomic E-state index is -0.950. The zero-order chi connectivity index (χ0) is 13.1. The van der Waals surface area contributed by atoms with Crippen molar-refractivity contribution in [2.24, 2.45) is 5.92 Å². The largest absolute Gasteiger partial charge is 0.478 e. The van der Waals surface area contributed by atoms with Crippen molar-refractivity contribution >= 4 is 5.97 Å². The normalized spacial score (nSPS) is 24.1. The van der Waals surface area contributed by atoms with Crippen molar-refractivity contribution in [2.75, 3.05) is 0 Å². The molecule has 0 unspecified atom stereocenters. The van der Waals surface area contributed by atoms with Gasteiger partial charge in [-0.2, -0.15) is 0 Å². The van der Waals surface area contributed by atoms with Crippen LogP contribution < -0.4 is 0 Å². The number of aryl methyl sites for hydroxylation is 1. The van der Waals surface area contributed by atoms with Crippen molar-refractivity contribution in [3.05, 3.63) is 23.2 Å². The minimum Gasteiger partial charge on any atom is -0.478 e. The molecule has 100 valence electrons. The van der Waals surface area contributed by atoms with E-state index >= 15 is 0 Å². The molecule has 0 radical (unpaired) electrons. The maximum absolute atomic E-state index is 10.9. The van der Waals surface area contributed by atoms with E-state index in [1.807, 2.05) is 0 Å². The summed E-state index contributed by atoms with van der Waals surface area (Å²) >= 11 is 0. The maximum atomic E-state index is 10.9. The van der Waals surface area contributed by atoms with Gasteiger partial charge in [0, 0.05) is 0 Å². The Kier molecular flexibility index (Phi) is 4.07. The minimum absolute atomic E-state index is 0.228. The molecule has 2 rings (SSSR count). The van der Waals surface area contributed by atoms with Crippen LogP contribution in [0, 0.1) is 12.8 Å². The van der Waals surface area contributed by atoms with Crippen molar-refractivity contribution in [1.82, 2.24) is 0 Å². The van der Waals surface area contributed by atoms with Crippen molar-refractivity contribution in [2.45, 2.75) is 52.2 Å². The smallest absolute Gasteiger partial charge is 0.339 e. The van der Waals surface area contributed by atoms with Gasteiger partial charge in [-0.15, -0.1) is 0 Å². The number of carboxylic acids is 1. The number of carbonyl (C=O) groups is 1. The van der Waals surface area contributed by atoms with Gasteiger partial charge < -0.3 is 14.3 Å². The third kappa shape index (κ3) is 3.13. The van der Waals surface area contributed by atoms with Crippen molar-refractivity contribution in [3.8, 4) is 0 Å². The first kappa shape index (κ1) is 13.1. The quantitative estimate of drug-likeness (QED) is 0.892. The molecule has 0 aromatic carbocycles. The van der Waals surface area contributed by atoms with Gasteiger partial charge in [-0.25, -0.2) is 4.79 Å². The molecule has 18 heavy (non-hydrogen) atoms. The first-order valence-electron chi connectivity index (χ1n) is 6.50. The second-order valence-electron chi connectivity index (χ2n) is 5.18. The number of furan rings is 1. The Balaban J connectivity index is 1.86. The van der Waals surface area contributed by atoms with Gasteiger partial charge >= 0.3 is 5.97 Å². The zero-order valence-electron chi connectivity index (χ0n) is 10.9. The summed E-state index contributed by atoms with van der Waals surface area (Å²) in [5.74, 6) is 0.894. The Bertz CT molecular complexity index is 413. The maximum Gasteiger partial charge on any atom is 0.339 e. The van der Waals surface area contributed by atoms with Crippen LogP contribution in [0.3, 0.4) is 0 Å². The second-order valence-corrected chi connectivity index (χ2v) is 5.18. The summed E-state index contributed by atoms with van der Waals surface area (Å²) in [6.07, 6.45) is 4.89. The van der Waals surface area contributed by atoms with Gasteiger partial charge in [0.05, 0.1) is 6.10 Å². The Labute approximate surface area is 107 Å². The van der Waals surface area contributed by atoms with Gasteiger partial charge in [0.25, 0.3) is 0 Å². The summed E-state index contributed by atoms with van der Waals surface area (Å²) in [7, 11) is 0. The molecule has 1 aromatic heterocycles. The lowest BCUT2D eigenvalue weighted by Gasteiger charge is -2.25. The van der Waals surface area contributed by atoms with E-state index in [9.17, 15) is 4.79 Å². The van der Waals surface area contributed by atoms with Gasteiger partial charge in [-0.1, -0.05) is 6.92 Å². The van der Waals surface area contributed by atoms with E-state index in [1.54, 1.807) is 13.0 Å². The summed E-state index contributed by atoms with van der Waals surface area (Å²) in [5.41, 5.74) is 0.228. The van der Waals surface area contributed by atoms with Crippen LogP contribution in [-0.4, -0.2) is 17.2 Å². The van der Waals surface area contributed by atoms with Crippen LogP contribution in [0.4, 0.5) is 0 Å². The van der Waals surface area contributed by atoms with E-state index in [0.29, 0.717) is 24.2 Å². The van der Waals surface area contributed by atoms with Crippen LogP contribution in [0.5, 0.6) is 0 Å². The van der Waals surface area contributed by atoms with Gasteiger partial charge in [0.15, 0.2) is 0 Å². The molecule has 0 amide bonds. The molecule has 1 aliphatic carbocycles. The van der Waals surface area contributed by atoms with Gasteiger partial charge in [0.2, 0.25) is 0 Å². The van der Waals surface area contributed by atoms with Crippen LogP contribution in [0.1, 0.15) is 54.5 Å². The fraction of sp³-hybridized carbons (Fsp3) is 0.643. The van der Waals surface area contributed by atoms with E-state index in [-0.39, 0.29) is 5.56 Å². The highest BCUT2D eigenvalue weighted by Gasteiger charge is 2.20. The lowest BCUT2D eigenvalue weighted by molar-refractivity contribution is 0.00103. The summed E-state index contributed by atoms with van der Waals surface area (Å²) in [6.45, 7) is 4.30. The SMILES string of the molecule is Cc1oc(COC2CCC(C)CC2)cc1C(=O)O. The summed E-state index contributed by atoms with van der Waals surface area (Å²) in [5, 5.41) is 8.92. The lowest BCUT2D eigenvalue weighted by Crippen LogP contribution is -2.20. The highest BCUT2D eigenvalue weighted by atomic mass is 16.5. The number of aromatic carboxylic acids is 1. The lowest BCUT2D eigenvalue weighted by atomic mass is 9.89. The Morgan fingerprint density at radius 2 is 2.11 bits per heavy atom. The zero-order valence-corrected chi connectivity index (χ0v) is 10.9. The fourth-order valence-corrected chi connectivity index (χ4v) is 2.42. The summed E-state index contributed by atoms with van der Waals surface area (Å²) in [6, 6.07) is 1.56. The molecule has 1 aliphatic rings. The number of hydrogen-bond donors (Lipinski definition) is 1. The molecule has 0 spiro atoms. The molecule has 0 aliphatic heterocycles. The fourth-order valence-electron chi connectivity index (χ4n) is 2.42. The van der Waals surface area contributed by atoms with E-state index in [4.69, 9.17) is 14.3 Å². The van der Waals surface area contributed by atoms with Gasteiger partial charge in [0.1, 0.15) is 23.7 Å². The van der Waals surface area contributed by atoms with Crippen LogP contribution in [-0.2, 0) is 11.3 Å². The predicted molar refractivity (Wildman–Crippen MR) is 66.6 cm³/mol. The average Bonchev–Trinajstić information content (AvgIpc) is 2.70. The Morgan fingerprint density at radius 3 is 2.67 bits per heavy atom. The van der Waals surface area contributed by atoms with E-state index in [1.165, 1.54) is 12.8 Å². The molecule has 4 heteroatoms. The monoisotopic (exact) mass is 252 g/mol. The molecule has 0 saturated heterocycles. The average molecular weight is 252 g/mol. The molecule has 1 N–H and O–H groups in total. The highest BCUT2D eigenvalue weighted by Crippen LogP contribution is 2.26. The second kappa shape index (κ2) is 5.57. The molecule has 1 fully saturated rings. The topological polar surface area (TPSA) is 59.7 Å². The van der Waals surface area contributed by atoms with Crippen LogP contribution in [0.25, 0.3) is 0 Å². The third-order valence-electron chi connectivity index (χ3n) is 3.62. The first-order chi connectivity index (χ1) is 8.56. The van der Waals surface area contributed by atoms with Crippen LogP contribution in [0.15, 0.2) is 10.5 Å². The van der Waals surface area contributed by atoms with Gasteiger partial charge in [-0.05, 0) is 44.6 Å². The first-order valence-corrected chi connectivity index (χ1v) is 6.50.